The van der Waals surface area contributed by atoms with Crippen LogP contribution in [0.15, 0.2) is 48.5 Å². The van der Waals surface area contributed by atoms with Gasteiger partial charge in [-0.3, -0.25) is 4.79 Å². The Labute approximate surface area is 122 Å². The zero-order valence-electron chi connectivity index (χ0n) is 11.9. The van der Waals surface area contributed by atoms with Gasteiger partial charge in [-0.2, -0.15) is 0 Å². The number of benzene rings is 2. The summed E-state index contributed by atoms with van der Waals surface area (Å²) in [6.07, 6.45) is 0. The van der Waals surface area contributed by atoms with E-state index in [4.69, 9.17) is 4.74 Å². The maximum Gasteiger partial charge on any atom is 0.258 e. The molecule has 3 rings (SSSR count). The van der Waals surface area contributed by atoms with Gasteiger partial charge in [0, 0.05) is 16.6 Å². The van der Waals surface area contributed by atoms with E-state index >= 15 is 0 Å². The molecule has 0 radical (unpaired) electrons. The molecule has 0 aliphatic carbocycles. The van der Waals surface area contributed by atoms with Crippen LogP contribution in [-0.2, 0) is 0 Å². The van der Waals surface area contributed by atoms with Crippen LogP contribution < -0.4 is 10.1 Å². The summed E-state index contributed by atoms with van der Waals surface area (Å²) in [5, 5.41) is 3.83. The lowest BCUT2D eigenvalue weighted by molar-refractivity contribution is 0.102. The van der Waals surface area contributed by atoms with Crippen molar-refractivity contribution in [3.8, 4) is 5.75 Å². The lowest BCUT2D eigenvalue weighted by atomic mass is 10.1. The number of hydrogen-bond donors (Lipinski definition) is 2. The van der Waals surface area contributed by atoms with E-state index in [1.54, 1.807) is 7.11 Å². The number of anilines is 1. The molecule has 0 fully saturated rings. The van der Waals surface area contributed by atoms with Crippen LogP contribution in [0.1, 0.15) is 16.1 Å². The van der Waals surface area contributed by atoms with E-state index in [2.05, 4.69) is 10.3 Å². The van der Waals surface area contributed by atoms with Gasteiger partial charge in [-0.05, 0) is 25.1 Å². The van der Waals surface area contributed by atoms with Crippen LogP contribution in [0.25, 0.3) is 10.9 Å². The summed E-state index contributed by atoms with van der Waals surface area (Å²) in [6.45, 7) is 1.90. The zero-order valence-corrected chi connectivity index (χ0v) is 11.9. The van der Waals surface area contributed by atoms with Crippen molar-refractivity contribution in [2.24, 2.45) is 0 Å². The normalized spacial score (nSPS) is 10.6. The highest BCUT2D eigenvalue weighted by molar-refractivity contribution is 6.14. The van der Waals surface area contributed by atoms with Gasteiger partial charge in [-0.25, -0.2) is 0 Å². The summed E-state index contributed by atoms with van der Waals surface area (Å²) in [6, 6.07) is 15.1. The predicted molar refractivity (Wildman–Crippen MR) is 84.0 cm³/mol. The molecule has 4 heteroatoms. The van der Waals surface area contributed by atoms with Crippen molar-refractivity contribution in [2.75, 3.05) is 12.4 Å². The lowest BCUT2D eigenvalue weighted by Crippen LogP contribution is -2.13. The maximum absolute atomic E-state index is 12.6. The number of carbonyl (C=O) groups excluding carboxylic acids is 1. The third kappa shape index (κ3) is 2.36. The number of para-hydroxylation sites is 3. The van der Waals surface area contributed by atoms with Gasteiger partial charge in [-0.15, -0.1) is 0 Å². The van der Waals surface area contributed by atoms with Gasteiger partial charge in [0.1, 0.15) is 5.75 Å². The van der Waals surface area contributed by atoms with E-state index in [1.807, 2.05) is 55.5 Å². The SMILES string of the molecule is COc1ccccc1NC(=O)c1c(C)[nH]c2ccccc12. The van der Waals surface area contributed by atoms with E-state index in [1.165, 1.54) is 0 Å². The molecule has 4 nitrogen and oxygen atoms in total. The van der Waals surface area contributed by atoms with E-state index in [-0.39, 0.29) is 5.91 Å². The van der Waals surface area contributed by atoms with Crippen molar-refractivity contribution in [3.63, 3.8) is 0 Å². The topological polar surface area (TPSA) is 54.1 Å². The van der Waals surface area contributed by atoms with E-state index in [0.717, 1.165) is 16.6 Å². The highest BCUT2D eigenvalue weighted by Gasteiger charge is 2.16. The van der Waals surface area contributed by atoms with Gasteiger partial charge in [0.25, 0.3) is 5.91 Å². The molecule has 0 saturated carbocycles. The standard InChI is InChI=1S/C17H16N2O2/c1-11-16(12-7-3-4-8-13(12)18-11)17(20)19-14-9-5-6-10-15(14)21-2/h3-10,18H,1-2H3,(H,19,20). The summed E-state index contributed by atoms with van der Waals surface area (Å²) in [5.74, 6) is 0.498. The van der Waals surface area contributed by atoms with Gasteiger partial charge in [-0.1, -0.05) is 30.3 Å². The fraction of sp³-hybridized carbons (Fsp3) is 0.118. The molecule has 2 N–H and O–H groups in total. The molecule has 0 aliphatic heterocycles. The van der Waals surface area contributed by atoms with Crippen molar-refractivity contribution < 1.29 is 9.53 Å². The van der Waals surface area contributed by atoms with Crippen molar-refractivity contribution in [1.29, 1.82) is 0 Å². The molecule has 1 heterocycles. The predicted octanol–water partition coefficient (Wildman–Crippen LogP) is 3.74. The average molecular weight is 280 g/mol. The number of methoxy groups -OCH3 is 1. The smallest absolute Gasteiger partial charge is 0.258 e. The van der Waals surface area contributed by atoms with Crippen LogP contribution in [0.3, 0.4) is 0 Å². The Morgan fingerprint density at radius 1 is 1.10 bits per heavy atom. The van der Waals surface area contributed by atoms with Gasteiger partial charge in [0.05, 0.1) is 18.4 Å². The number of amides is 1. The molecule has 106 valence electrons. The van der Waals surface area contributed by atoms with Crippen LogP contribution in [0, 0.1) is 6.92 Å². The van der Waals surface area contributed by atoms with Gasteiger partial charge >= 0.3 is 0 Å². The Kier molecular flexibility index (Phi) is 3.36. The Morgan fingerprint density at radius 3 is 2.62 bits per heavy atom. The first-order valence-corrected chi connectivity index (χ1v) is 6.72. The molecule has 3 aromatic rings. The highest BCUT2D eigenvalue weighted by Crippen LogP contribution is 2.26. The number of carbonyl (C=O) groups is 1. The number of rotatable bonds is 3. The van der Waals surface area contributed by atoms with E-state index < -0.39 is 0 Å². The first-order chi connectivity index (χ1) is 10.2. The van der Waals surface area contributed by atoms with Crippen LogP contribution in [0.4, 0.5) is 5.69 Å². The second-order valence-electron chi connectivity index (χ2n) is 4.82. The minimum atomic E-state index is -0.144. The number of fused-ring (bicyclic) bond motifs is 1. The van der Waals surface area contributed by atoms with E-state index in [0.29, 0.717) is 17.0 Å². The number of aryl methyl sites for hydroxylation is 1. The second-order valence-corrected chi connectivity index (χ2v) is 4.82. The Morgan fingerprint density at radius 2 is 1.81 bits per heavy atom. The summed E-state index contributed by atoms with van der Waals surface area (Å²) in [4.78, 5) is 15.8. The third-order valence-electron chi connectivity index (χ3n) is 3.48. The molecule has 0 spiro atoms. The maximum atomic E-state index is 12.6. The number of H-pyrrole nitrogens is 1. The van der Waals surface area contributed by atoms with Crippen molar-refractivity contribution in [1.82, 2.24) is 4.98 Å². The van der Waals surface area contributed by atoms with Gasteiger partial charge in [0.15, 0.2) is 0 Å². The summed E-state index contributed by atoms with van der Waals surface area (Å²) in [5.41, 5.74) is 3.13. The molecular weight excluding hydrogens is 264 g/mol. The second kappa shape index (κ2) is 5.32. The lowest BCUT2D eigenvalue weighted by Gasteiger charge is -2.09. The molecule has 0 unspecified atom stereocenters. The van der Waals surface area contributed by atoms with Gasteiger partial charge in [0.2, 0.25) is 0 Å². The molecule has 1 aromatic heterocycles. The number of aromatic nitrogens is 1. The summed E-state index contributed by atoms with van der Waals surface area (Å²) >= 11 is 0. The quantitative estimate of drug-likeness (QED) is 0.768. The molecule has 21 heavy (non-hydrogen) atoms. The molecule has 0 aliphatic rings. The first kappa shape index (κ1) is 13.2. The largest absolute Gasteiger partial charge is 0.495 e. The Bertz CT molecular complexity index is 805. The van der Waals surface area contributed by atoms with Crippen LogP contribution in [-0.4, -0.2) is 18.0 Å². The number of aromatic amines is 1. The highest BCUT2D eigenvalue weighted by atomic mass is 16.5. The fourth-order valence-electron chi connectivity index (χ4n) is 2.50. The Balaban J connectivity index is 1.99. The number of ether oxygens (including phenoxy) is 1. The molecule has 1 amide bonds. The van der Waals surface area contributed by atoms with Crippen LogP contribution >= 0.6 is 0 Å². The number of hydrogen-bond acceptors (Lipinski definition) is 2. The fourth-order valence-corrected chi connectivity index (χ4v) is 2.50. The van der Waals surface area contributed by atoms with E-state index in [9.17, 15) is 4.79 Å². The van der Waals surface area contributed by atoms with Crippen LogP contribution in [0.2, 0.25) is 0 Å². The molecule has 0 atom stereocenters. The molecule has 2 aromatic carbocycles. The minimum Gasteiger partial charge on any atom is -0.495 e. The minimum absolute atomic E-state index is 0.144. The van der Waals surface area contributed by atoms with Gasteiger partial charge < -0.3 is 15.0 Å². The van der Waals surface area contributed by atoms with Crippen molar-refractivity contribution in [3.05, 3.63) is 59.8 Å². The third-order valence-corrected chi connectivity index (χ3v) is 3.48. The van der Waals surface area contributed by atoms with Crippen LogP contribution in [0.5, 0.6) is 5.75 Å². The molecular formula is C17H16N2O2. The zero-order chi connectivity index (χ0) is 14.8. The summed E-state index contributed by atoms with van der Waals surface area (Å²) in [7, 11) is 1.59. The van der Waals surface area contributed by atoms with Crippen molar-refractivity contribution in [2.45, 2.75) is 6.92 Å². The summed E-state index contributed by atoms with van der Waals surface area (Å²) < 4.78 is 5.26. The monoisotopic (exact) mass is 280 g/mol. The average Bonchev–Trinajstić information content (AvgIpc) is 2.83. The number of nitrogens with one attached hydrogen (secondary N) is 2. The Hall–Kier alpha value is -2.75. The molecule has 0 saturated heterocycles. The molecule has 0 bridgehead atoms. The first-order valence-electron chi connectivity index (χ1n) is 6.72. The van der Waals surface area contributed by atoms with Crippen molar-refractivity contribution >= 4 is 22.5 Å².